The van der Waals surface area contributed by atoms with Crippen molar-refractivity contribution in [1.82, 2.24) is 4.98 Å². The summed E-state index contributed by atoms with van der Waals surface area (Å²) < 4.78 is 9.91. The van der Waals surface area contributed by atoms with Gasteiger partial charge in [-0.05, 0) is 26.0 Å². The van der Waals surface area contributed by atoms with Crippen LogP contribution in [-0.2, 0) is 4.74 Å². The number of pyridine rings is 1. The lowest BCUT2D eigenvalue weighted by molar-refractivity contribution is 0.0488. The third kappa shape index (κ3) is 1.60. The van der Waals surface area contributed by atoms with Crippen molar-refractivity contribution >= 4 is 17.1 Å². The van der Waals surface area contributed by atoms with Gasteiger partial charge >= 0.3 is 5.97 Å². The summed E-state index contributed by atoms with van der Waals surface area (Å²) in [4.78, 5) is 15.5. The molecule has 2 heterocycles. The molecule has 84 valence electrons. The second-order valence-electron chi connectivity index (χ2n) is 3.31. The second-order valence-corrected chi connectivity index (χ2v) is 3.31. The number of esters is 1. The van der Waals surface area contributed by atoms with Gasteiger partial charge in [-0.1, -0.05) is 0 Å². The molecule has 5 heteroatoms. The third-order valence-corrected chi connectivity index (χ3v) is 2.13. The number of nitrogens with zero attached hydrogens (tertiary/aromatic N) is 1. The standard InChI is InChI=1S/C11H11NO4/c1-3-15-11(14)9-8(13)7-5-4-6(2)12-10(7)16-9/h4-5,13H,3H2,1-2H3. The maximum atomic E-state index is 11.4. The highest BCUT2D eigenvalue weighted by Crippen LogP contribution is 2.31. The molecule has 0 saturated heterocycles. The fraction of sp³-hybridized carbons (Fsp3) is 0.273. The average molecular weight is 221 g/mol. The zero-order valence-corrected chi connectivity index (χ0v) is 8.98. The molecule has 0 amide bonds. The van der Waals surface area contributed by atoms with E-state index in [2.05, 4.69) is 4.98 Å². The Morgan fingerprint density at radius 3 is 3.00 bits per heavy atom. The van der Waals surface area contributed by atoms with Crippen LogP contribution in [0.5, 0.6) is 5.75 Å². The van der Waals surface area contributed by atoms with E-state index in [0.717, 1.165) is 5.69 Å². The summed E-state index contributed by atoms with van der Waals surface area (Å²) in [7, 11) is 0. The Bertz CT molecular complexity index is 544. The number of fused-ring (bicyclic) bond motifs is 1. The molecular formula is C11H11NO4. The summed E-state index contributed by atoms with van der Waals surface area (Å²) in [5.74, 6) is -1.11. The maximum absolute atomic E-state index is 11.4. The number of ether oxygens (including phenoxy) is 1. The van der Waals surface area contributed by atoms with E-state index in [1.807, 2.05) is 0 Å². The molecule has 2 rings (SSSR count). The second kappa shape index (κ2) is 3.84. The number of aromatic nitrogens is 1. The van der Waals surface area contributed by atoms with Crippen molar-refractivity contribution in [2.45, 2.75) is 13.8 Å². The van der Waals surface area contributed by atoms with Gasteiger partial charge in [0.2, 0.25) is 5.71 Å². The number of rotatable bonds is 2. The molecule has 2 aromatic rings. The Kier molecular flexibility index (Phi) is 2.52. The molecule has 0 radical (unpaired) electrons. The molecule has 0 aliphatic rings. The van der Waals surface area contributed by atoms with Gasteiger partial charge in [-0.15, -0.1) is 0 Å². The monoisotopic (exact) mass is 221 g/mol. The normalized spacial score (nSPS) is 10.6. The fourth-order valence-electron chi connectivity index (χ4n) is 1.39. The molecule has 5 nitrogen and oxygen atoms in total. The van der Waals surface area contributed by atoms with Gasteiger partial charge in [0.1, 0.15) is 0 Å². The molecule has 0 atom stereocenters. The van der Waals surface area contributed by atoms with Gasteiger partial charge in [-0.25, -0.2) is 9.78 Å². The molecule has 0 aliphatic heterocycles. The van der Waals surface area contributed by atoms with E-state index in [0.29, 0.717) is 5.39 Å². The van der Waals surface area contributed by atoms with Crippen molar-refractivity contribution in [3.63, 3.8) is 0 Å². The van der Waals surface area contributed by atoms with Gasteiger partial charge < -0.3 is 14.3 Å². The van der Waals surface area contributed by atoms with Crippen molar-refractivity contribution in [2.24, 2.45) is 0 Å². The smallest absolute Gasteiger partial charge is 0.378 e. The summed E-state index contributed by atoms with van der Waals surface area (Å²) in [5, 5.41) is 10.2. The number of carbonyl (C=O) groups is 1. The summed E-state index contributed by atoms with van der Waals surface area (Å²) in [6.45, 7) is 3.70. The predicted octanol–water partition coefficient (Wildman–Crippen LogP) is 2.02. The van der Waals surface area contributed by atoms with Crippen molar-refractivity contribution in [1.29, 1.82) is 0 Å². The number of aryl methyl sites for hydroxylation is 1. The van der Waals surface area contributed by atoms with Crippen LogP contribution in [0.2, 0.25) is 0 Å². The summed E-state index contributed by atoms with van der Waals surface area (Å²) in [5.41, 5.74) is 0.984. The summed E-state index contributed by atoms with van der Waals surface area (Å²) in [6.07, 6.45) is 0. The minimum atomic E-state index is -0.685. The Balaban J connectivity index is 2.55. The predicted molar refractivity (Wildman–Crippen MR) is 56.4 cm³/mol. The van der Waals surface area contributed by atoms with Crippen LogP contribution in [0.25, 0.3) is 11.1 Å². The molecule has 0 bridgehead atoms. The molecule has 0 aliphatic carbocycles. The topological polar surface area (TPSA) is 72.6 Å². The number of aromatic hydroxyl groups is 1. The Labute approximate surface area is 91.7 Å². The van der Waals surface area contributed by atoms with Crippen LogP contribution in [0, 0.1) is 6.92 Å². The van der Waals surface area contributed by atoms with Crippen LogP contribution in [-0.4, -0.2) is 22.7 Å². The number of carbonyl (C=O) groups excluding carboxylic acids is 1. The quantitative estimate of drug-likeness (QED) is 0.785. The first kappa shape index (κ1) is 10.5. The number of hydrogen-bond donors (Lipinski definition) is 1. The fourth-order valence-corrected chi connectivity index (χ4v) is 1.39. The lowest BCUT2D eigenvalue weighted by atomic mass is 10.2. The molecule has 0 spiro atoms. The van der Waals surface area contributed by atoms with Gasteiger partial charge in [-0.3, -0.25) is 0 Å². The lowest BCUT2D eigenvalue weighted by Gasteiger charge is -1.96. The van der Waals surface area contributed by atoms with E-state index in [4.69, 9.17) is 9.15 Å². The van der Waals surface area contributed by atoms with E-state index < -0.39 is 5.97 Å². The first-order chi connectivity index (χ1) is 7.63. The molecule has 2 aromatic heterocycles. The molecule has 0 saturated carbocycles. The molecule has 0 unspecified atom stereocenters. The van der Waals surface area contributed by atoms with Gasteiger partial charge in [0, 0.05) is 5.69 Å². The van der Waals surface area contributed by atoms with Crippen LogP contribution in [0.3, 0.4) is 0 Å². The lowest BCUT2D eigenvalue weighted by Crippen LogP contribution is -2.02. The molecular weight excluding hydrogens is 210 g/mol. The average Bonchev–Trinajstić information content (AvgIpc) is 2.56. The SMILES string of the molecule is CCOC(=O)c1oc2nc(C)ccc2c1O. The highest BCUT2D eigenvalue weighted by molar-refractivity contribution is 5.97. The van der Waals surface area contributed by atoms with Crippen molar-refractivity contribution < 1.29 is 19.1 Å². The van der Waals surface area contributed by atoms with E-state index in [1.54, 1.807) is 26.0 Å². The highest BCUT2D eigenvalue weighted by Gasteiger charge is 2.21. The van der Waals surface area contributed by atoms with Gasteiger partial charge in [0.25, 0.3) is 5.76 Å². The molecule has 16 heavy (non-hydrogen) atoms. The third-order valence-electron chi connectivity index (χ3n) is 2.13. The van der Waals surface area contributed by atoms with E-state index >= 15 is 0 Å². The van der Waals surface area contributed by atoms with Crippen molar-refractivity contribution in [2.75, 3.05) is 6.61 Å². The first-order valence-electron chi connectivity index (χ1n) is 4.89. The first-order valence-corrected chi connectivity index (χ1v) is 4.89. The van der Waals surface area contributed by atoms with E-state index in [9.17, 15) is 9.90 Å². The Hall–Kier alpha value is -2.04. The van der Waals surface area contributed by atoms with E-state index in [-0.39, 0.29) is 23.8 Å². The molecule has 1 N–H and O–H groups in total. The zero-order chi connectivity index (χ0) is 11.7. The minimum absolute atomic E-state index is 0.199. The van der Waals surface area contributed by atoms with Crippen LogP contribution in [0.15, 0.2) is 16.5 Å². The largest absolute Gasteiger partial charge is 0.503 e. The van der Waals surface area contributed by atoms with Gasteiger partial charge in [0.15, 0.2) is 5.75 Å². The number of hydrogen-bond acceptors (Lipinski definition) is 5. The van der Waals surface area contributed by atoms with E-state index in [1.165, 1.54) is 0 Å². The molecule has 0 fully saturated rings. The number of furan rings is 1. The van der Waals surface area contributed by atoms with Crippen LogP contribution in [0.4, 0.5) is 0 Å². The van der Waals surface area contributed by atoms with Crippen LogP contribution >= 0.6 is 0 Å². The zero-order valence-electron chi connectivity index (χ0n) is 8.98. The van der Waals surface area contributed by atoms with Gasteiger partial charge in [-0.2, -0.15) is 0 Å². The Morgan fingerprint density at radius 2 is 2.31 bits per heavy atom. The maximum Gasteiger partial charge on any atom is 0.378 e. The Morgan fingerprint density at radius 1 is 1.56 bits per heavy atom. The van der Waals surface area contributed by atoms with Crippen molar-refractivity contribution in [3.05, 3.63) is 23.6 Å². The van der Waals surface area contributed by atoms with Gasteiger partial charge in [0.05, 0.1) is 12.0 Å². The summed E-state index contributed by atoms with van der Waals surface area (Å²) in [6, 6.07) is 3.38. The van der Waals surface area contributed by atoms with Crippen LogP contribution in [0.1, 0.15) is 23.2 Å². The minimum Gasteiger partial charge on any atom is -0.503 e. The summed E-state index contributed by atoms with van der Waals surface area (Å²) >= 11 is 0. The molecule has 0 aromatic carbocycles. The van der Waals surface area contributed by atoms with Crippen LogP contribution < -0.4 is 0 Å². The van der Waals surface area contributed by atoms with Crippen molar-refractivity contribution in [3.8, 4) is 5.75 Å². The highest BCUT2D eigenvalue weighted by atomic mass is 16.5.